The monoisotopic (exact) mass is 472 g/mol. The number of benzene rings is 3. The van der Waals surface area contributed by atoms with Crippen LogP contribution < -0.4 is 5.32 Å². The Labute approximate surface area is 194 Å². The van der Waals surface area contributed by atoms with E-state index < -0.39 is 23.6 Å². The molecule has 1 aliphatic heterocycles. The summed E-state index contributed by atoms with van der Waals surface area (Å²) in [5.74, 6) is -0.419. The highest BCUT2D eigenvalue weighted by Crippen LogP contribution is 2.34. The van der Waals surface area contributed by atoms with Crippen molar-refractivity contribution >= 4 is 6.03 Å². The lowest BCUT2D eigenvalue weighted by atomic mass is 9.90. The van der Waals surface area contributed by atoms with Gasteiger partial charge in [-0.05, 0) is 64.9 Å². The third kappa shape index (κ3) is 5.22. The van der Waals surface area contributed by atoms with Gasteiger partial charge < -0.3 is 15.3 Å². The SMILES string of the molecule is O=C(N[C@@H](CCO)c1cccc(F)c1)N1CCc2c(cccc2-c2ccc(C(F)(F)F)cc2)C1. The maximum absolute atomic E-state index is 13.6. The fourth-order valence-corrected chi connectivity index (χ4v) is 4.31. The summed E-state index contributed by atoms with van der Waals surface area (Å²) in [6.45, 7) is 0.594. The summed E-state index contributed by atoms with van der Waals surface area (Å²) in [5, 5.41) is 12.3. The molecule has 0 unspecified atom stereocenters. The second-order valence-corrected chi connectivity index (χ2v) is 8.26. The van der Waals surface area contributed by atoms with Gasteiger partial charge in [-0.25, -0.2) is 9.18 Å². The highest BCUT2D eigenvalue weighted by molar-refractivity contribution is 5.76. The Morgan fingerprint density at radius 2 is 1.79 bits per heavy atom. The van der Waals surface area contributed by atoms with Gasteiger partial charge in [-0.15, -0.1) is 0 Å². The van der Waals surface area contributed by atoms with Crippen molar-refractivity contribution in [2.45, 2.75) is 31.6 Å². The normalized spacial score (nSPS) is 14.4. The second kappa shape index (κ2) is 9.85. The first-order valence-corrected chi connectivity index (χ1v) is 11.0. The van der Waals surface area contributed by atoms with Crippen molar-refractivity contribution in [3.8, 4) is 11.1 Å². The molecule has 8 heteroatoms. The number of amides is 2. The average Bonchev–Trinajstić information content (AvgIpc) is 2.82. The van der Waals surface area contributed by atoms with E-state index in [1.807, 2.05) is 18.2 Å². The Morgan fingerprint density at radius 1 is 1.06 bits per heavy atom. The molecule has 34 heavy (non-hydrogen) atoms. The first kappa shape index (κ1) is 23.8. The van der Waals surface area contributed by atoms with Gasteiger partial charge in [0.25, 0.3) is 0 Å². The third-order valence-corrected chi connectivity index (χ3v) is 6.04. The second-order valence-electron chi connectivity index (χ2n) is 8.26. The molecular formula is C26H24F4N2O2. The van der Waals surface area contributed by atoms with Crippen LogP contribution in [0.15, 0.2) is 66.7 Å². The quantitative estimate of drug-likeness (QED) is 0.468. The predicted molar refractivity (Wildman–Crippen MR) is 120 cm³/mol. The van der Waals surface area contributed by atoms with Crippen LogP contribution in [-0.2, 0) is 19.1 Å². The topological polar surface area (TPSA) is 52.6 Å². The van der Waals surface area contributed by atoms with E-state index in [2.05, 4.69) is 5.32 Å². The number of fused-ring (bicyclic) bond motifs is 1. The Morgan fingerprint density at radius 3 is 2.47 bits per heavy atom. The van der Waals surface area contributed by atoms with Crippen molar-refractivity contribution in [1.29, 1.82) is 0 Å². The first-order chi connectivity index (χ1) is 16.3. The molecule has 0 fully saturated rings. The Balaban J connectivity index is 1.51. The number of rotatable bonds is 5. The first-order valence-electron chi connectivity index (χ1n) is 11.0. The molecule has 0 spiro atoms. The van der Waals surface area contributed by atoms with Crippen LogP contribution in [0.25, 0.3) is 11.1 Å². The van der Waals surface area contributed by atoms with Crippen LogP contribution >= 0.6 is 0 Å². The Kier molecular flexibility index (Phi) is 6.88. The maximum atomic E-state index is 13.6. The van der Waals surface area contributed by atoms with Crippen LogP contribution in [0, 0.1) is 5.82 Å². The van der Waals surface area contributed by atoms with E-state index in [1.165, 1.54) is 24.3 Å². The number of nitrogens with zero attached hydrogens (tertiary/aromatic N) is 1. The van der Waals surface area contributed by atoms with Crippen molar-refractivity contribution in [2.24, 2.45) is 0 Å². The van der Waals surface area contributed by atoms with Crippen LogP contribution in [-0.4, -0.2) is 29.2 Å². The van der Waals surface area contributed by atoms with E-state index >= 15 is 0 Å². The minimum atomic E-state index is -4.39. The fourth-order valence-electron chi connectivity index (χ4n) is 4.31. The zero-order valence-electron chi connectivity index (χ0n) is 18.3. The molecule has 2 N–H and O–H groups in total. The summed E-state index contributed by atoms with van der Waals surface area (Å²) in [7, 11) is 0. The summed E-state index contributed by atoms with van der Waals surface area (Å²) >= 11 is 0. The summed E-state index contributed by atoms with van der Waals surface area (Å²) in [5.41, 5.74) is 3.34. The molecular weight excluding hydrogens is 448 g/mol. The highest BCUT2D eigenvalue weighted by atomic mass is 19.4. The van der Waals surface area contributed by atoms with Gasteiger partial charge in [0.15, 0.2) is 0 Å². The van der Waals surface area contributed by atoms with E-state index in [0.717, 1.165) is 28.8 Å². The van der Waals surface area contributed by atoms with Crippen LogP contribution in [0.3, 0.4) is 0 Å². The van der Waals surface area contributed by atoms with E-state index in [1.54, 1.807) is 17.0 Å². The van der Waals surface area contributed by atoms with Gasteiger partial charge in [0.05, 0.1) is 11.6 Å². The van der Waals surface area contributed by atoms with Crippen molar-refractivity contribution in [3.63, 3.8) is 0 Å². The van der Waals surface area contributed by atoms with Crippen LogP contribution in [0.1, 0.15) is 34.7 Å². The maximum Gasteiger partial charge on any atom is 0.416 e. The lowest BCUT2D eigenvalue weighted by molar-refractivity contribution is -0.137. The van der Waals surface area contributed by atoms with Crippen LogP contribution in [0.4, 0.5) is 22.4 Å². The number of aliphatic hydroxyl groups excluding tert-OH is 1. The van der Waals surface area contributed by atoms with E-state index in [9.17, 15) is 27.5 Å². The highest BCUT2D eigenvalue weighted by Gasteiger charge is 2.30. The van der Waals surface area contributed by atoms with E-state index in [4.69, 9.17) is 0 Å². The zero-order valence-corrected chi connectivity index (χ0v) is 18.3. The molecule has 1 atom stereocenters. The predicted octanol–water partition coefficient (Wildman–Crippen LogP) is 5.70. The molecule has 0 bridgehead atoms. The third-order valence-electron chi connectivity index (χ3n) is 6.04. The number of hydrogen-bond acceptors (Lipinski definition) is 2. The molecule has 0 saturated heterocycles. The fraction of sp³-hybridized carbons (Fsp3) is 0.269. The Hall–Kier alpha value is -3.39. The molecule has 0 aromatic heterocycles. The largest absolute Gasteiger partial charge is 0.416 e. The molecule has 4 nitrogen and oxygen atoms in total. The smallest absolute Gasteiger partial charge is 0.396 e. The average molecular weight is 472 g/mol. The van der Waals surface area contributed by atoms with Gasteiger partial charge in [0, 0.05) is 19.7 Å². The van der Waals surface area contributed by atoms with Crippen molar-refractivity contribution in [1.82, 2.24) is 10.2 Å². The summed E-state index contributed by atoms with van der Waals surface area (Å²) in [6.07, 6.45) is -3.59. The molecule has 0 radical (unpaired) electrons. The number of carbonyl (C=O) groups excluding carboxylic acids is 1. The Bertz CT molecular complexity index is 1160. The summed E-state index contributed by atoms with van der Waals surface area (Å²) in [4.78, 5) is 14.6. The number of aliphatic hydroxyl groups is 1. The van der Waals surface area contributed by atoms with Crippen molar-refractivity contribution in [2.75, 3.05) is 13.2 Å². The van der Waals surface area contributed by atoms with Gasteiger partial charge in [0.1, 0.15) is 5.82 Å². The van der Waals surface area contributed by atoms with Gasteiger partial charge in [0.2, 0.25) is 0 Å². The number of hydrogen-bond donors (Lipinski definition) is 2. The van der Waals surface area contributed by atoms with E-state index in [-0.39, 0.29) is 19.1 Å². The van der Waals surface area contributed by atoms with E-state index in [0.29, 0.717) is 30.6 Å². The number of alkyl halides is 3. The number of nitrogens with one attached hydrogen (secondary N) is 1. The molecule has 2 amide bonds. The molecule has 3 aromatic carbocycles. The molecule has 1 aliphatic rings. The van der Waals surface area contributed by atoms with Gasteiger partial charge >= 0.3 is 12.2 Å². The van der Waals surface area contributed by atoms with Gasteiger partial charge in [-0.2, -0.15) is 13.2 Å². The van der Waals surface area contributed by atoms with Crippen LogP contribution in [0.2, 0.25) is 0 Å². The minimum Gasteiger partial charge on any atom is -0.396 e. The van der Waals surface area contributed by atoms with Gasteiger partial charge in [-0.3, -0.25) is 0 Å². The van der Waals surface area contributed by atoms with Gasteiger partial charge in [-0.1, -0.05) is 42.5 Å². The molecule has 1 heterocycles. The van der Waals surface area contributed by atoms with Crippen LogP contribution in [0.5, 0.6) is 0 Å². The molecule has 0 saturated carbocycles. The molecule has 178 valence electrons. The standard InChI is InChI=1S/C26H24F4N2O2/c27-21-5-1-3-18(15-21)24(12-14-33)31-25(34)32-13-11-23-19(16-32)4-2-6-22(23)17-7-9-20(10-8-17)26(28,29)30/h1-10,15,24,33H,11-14,16H2,(H,31,34)/t24-/m0/s1. The lowest BCUT2D eigenvalue weighted by Gasteiger charge is -2.32. The summed E-state index contributed by atoms with van der Waals surface area (Å²) in [6, 6.07) is 15.7. The lowest BCUT2D eigenvalue weighted by Crippen LogP contribution is -2.44. The zero-order chi connectivity index (χ0) is 24.3. The van der Waals surface area contributed by atoms with Crippen molar-refractivity contribution in [3.05, 3.63) is 94.8 Å². The summed E-state index contributed by atoms with van der Waals surface area (Å²) < 4.78 is 52.4. The molecule has 0 aliphatic carbocycles. The number of halogens is 4. The molecule has 3 aromatic rings. The minimum absolute atomic E-state index is 0.166. The number of carbonyl (C=O) groups is 1. The van der Waals surface area contributed by atoms with Crippen molar-refractivity contribution < 1.29 is 27.5 Å². The molecule has 4 rings (SSSR count). The number of urea groups is 1.